The van der Waals surface area contributed by atoms with Crippen molar-refractivity contribution in [3.8, 4) is 0 Å². The van der Waals surface area contributed by atoms with E-state index in [1.54, 1.807) is 0 Å². The van der Waals surface area contributed by atoms with E-state index in [9.17, 15) is 4.79 Å². The molecule has 128 valence electrons. The molecule has 0 aliphatic carbocycles. The molecule has 22 heavy (non-hydrogen) atoms. The van der Waals surface area contributed by atoms with Crippen LogP contribution in [0.15, 0.2) is 12.7 Å². The van der Waals surface area contributed by atoms with Crippen molar-refractivity contribution in [2.24, 2.45) is 0 Å². The molecule has 1 saturated heterocycles. The van der Waals surface area contributed by atoms with Gasteiger partial charge in [-0.1, -0.05) is 71.3 Å². The molecule has 0 aromatic carbocycles. The van der Waals surface area contributed by atoms with Gasteiger partial charge in [-0.15, -0.1) is 0 Å². The summed E-state index contributed by atoms with van der Waals surface area (Å²) in [6, 6.07) is 0. The standard InChI is InChI=1S/C19H34O3/c1-3-5-11-14-17-18(22-17)15-12-9-7-6-8-10-13-16-21-19(20)4-2/h4,17-18H,2-3,5-16H2,1H3. The predicted molar refractivity (Wildman–Crippen MR) is 90.9 cm³/mol. The zero-order chi connectivity index (χ0) is 16.0. The van der Waals surface area contributed by atoms with Crippen LogP contribution in [-0.2, 0) is 14.3 Å². The second-order valence-electron chi connectivity index (χ2n) is 6.34. The molecule has 2 atom stereocenters. The molecular weight excluding hydrogens is 276 g/mol. The summed E-state index contributed by atoms with van der Waals surface area (Å²) < 4.78 is 10.7. The van der Waals surface area contributed by atoms with Crippen molar-refractivity contribution in [3.63, 3.8) is 0 Å². The van der Waals surface area contributed by atoms with E-state index in [2.05, 4.69) is 13.5 Å². The first-order chi connectivity index (χ1) is 10.8. The highest BCUT2D eigenvalue weighted by Gasteiger charge is 2.36. The molecule has 0 N–H and O–H groups in total. The highest BCUT2D eigenvalue weighted by atomic mass is 16.6. The quantitative estimate of drug-likeness (QED) is 0.181. The van der Waals surface area contributed by atoms with Crippen molar-refractivity contribution in [2.45, 2.75) is 96.2 Å². The number of hydrogen-bond donors (Lipinski definition) is 0. The Morgan fingerprint density at radius 3 is 2.09 bits per heavy atom. The van der Waals surface area contributed by atoms with Crippen LogP contribution in [0, 0.1) is 0 Å². The van der Waals surface area contributed by atoms with Crippen LogP contribution < -0.4 is 0 Å². The Hall–Kier alpha value is -0.830. The molecule has 1 heterocycles. The van der Waals surface area contributed by atoms with Gasteiger partial charge in [0.1, 0.15) is 0 Å². The minimum Gasteiger partial charge on any atom is -0.463 e. The average molecular weight is 310 g/mol. The minimum absolute atomic E-state index is 0.310. The zero-order valence-electron chi connectivity index (χ0n) is 14.4. The van der Waals surface area contributed by atoms with E-state index >= 15 is 0 Å². The van der Waals surface area contributed by atoms with Gasteiger partial charge in [-0.2, -0.15) is 0 Å². The van der Waals surface area contributed by atoms with Crippen molar-refractivity contribution < 1.29 is 14.3 Å². The van der Waals surface area contributed by atoms with Crippen LogP contribution in [0.5, 0.6) is 0 Å². The van der Waals surface area contributed by atoms with Crippen LogP contribution in [0.2, 0.25) is 0 Å². The first kappa shape index (κ1) is 19.2. The maximum Gasteiger partial charge on any atom is 0.330 e. The van der Waals surface area contributed by atoms with Gasteiger partial charge in [0.2, 0.25) is 0 Å². The van der Waals surface area contributed by atoms with Gasteiger partial charge in [-0.05, 0) is 19.3 Å². The van der Waals surface area contributed by atoms with E-state index in [0.29, 0.717) is 18.8 Å². The maximum atomic E-state index is 10.8. The van der Waals surface area contributed by atoms with Gasteiger partial charge >= 0.3 is 5.97 Å². The third kappa shape index (κ3) is 9.99. The first-order valence-corrected chi connectivity index (χ1v) is 9.22. The summed E-state index contributed by atoms with van der Waals surface area (Å²) in [7, 11) is 0. The summed E-state index contributed by atoms with van der Waals surface area (Å²) in [5.74, 6) is -0.310. The van der Waals surface area contributed by atoms with Crippen LogP contribution in [-0.4, -0.2) is 24.8 Å². The van der Waals surface area contributed by atoms with E-state index in [4.69, 9.17) is 9.47 Å². The minimum atomic E-state index is -0.310. The van der Waals surface area contributed by atoms with Gasteiger partial charge < -0.3 is 9.47 Å². The SMILES string of the molecule is C=CC(=O)OCCCCCCCCCC1OC1CCCCC. The molecule has 0 saturated carbocycles. The van der Waals surface area contributed by atoms with Gasteiger partial charge in [-0.25, -0.2) is 4.79 Å². The number of ether oxygens (including phenoxy) is 2. The fourth-order valence-electron chi connectivity index (χ4n) is 2.85. The van der Waals surface area contributed by atoms with Crippen molar-refractivity contribution in [2.75, 3.05) is 6.61 Å². The Morgan fingerprint density at radius 2 is 1.50 bits per heavy atom. The Balaban J connectivity index is 1.74. The lowest BCUT2D eigenvalue weighted by molar-refractivity contribution is -0.137. The molecule has 0 amide bonds. The lowest BCUT2D eigenvalue weighted by atomic mass is 10.0. The number of rotatable bonds is 15. The maximum absolute atomic E-state index is 10.8. The Morgan fingerprint density at radius 1 is 0.955 bits per heavy atom. The second kappa shape index (κ2) is 12.7. The smallest absolute Gasteiger partial charge is 0.330 e. The van der Waals surface area contributed by atoms with Crippen molar-refractivity contribution in [3.05, 3.63) is 12.7 Å². The van der Waals surface area contributed by atoms with Crippen molar-refractivity contribution in [1.82, 2.24) is 0 Å². The molecular formula is C19H34O3. The van der Waals surface area contributed by atoms with Gasteiger partial charge in [0.15, 0.2) is 0 Å². The van der Waals surface area contributed by atoms with Crippen LogP contribution in [0.4, 0.5) is 0 Å². The highest BCUT2D eigenvalue weighted by molar-refractivity contribution is 5.81. The van der Waals surface area contributed by atoms with Crippen LogP contribution in [0.1, 0.15) is 84.0 Å². The largest absolute Gasteiger partial charge is 0.463 e. The monoisotopic (exact) mass is 310 g/mol. The number of carbonyl (C=O) groups excluding carboxylic acids is 1. The van der Waals surface area contributed by atoms with Crippen LogP contribution in [0.25, 0.3) is 0 Å². The Bertz CT molecular complexity index is 301. The molecule has 0 radical (unpaired) electrons. The second-order valence-corrected chi connectivity index (χ2v) is 6.34. The number of epoxide rings is 1. The summed E-state index contributed by atoms with van der Waals surface area (Å²) in [5, 5.41) is 0. The Kier molecular flexibility index (Phi) is 11.1. The van der Waals surface area contributed by atoms with E-state index in [1.165, 1.54) is 70.3 Å². The van der Waals surface area contributed by atoms with Crippen molar-refractivity contribution >= 4 is 5.97 Å². The molecule has 0 aromatic heterocycles. The number of carbonyl (C=O) groups is 1. The molecule has 3 nitrogen and oxygen atoms in total. The average Bonchev–Trinajstić information content (AvgIpc) is 3.27. The summed E-state index contributed by atoms with van der Waals surface area (Å²) >= 11 is 0. The summed E-state index contributed by atoms with van der Waals surface area (Å²) in [5.41, 5.74) is 0. The molecule has 1 rings (SSSR count). The molecule has 2 unspecified atom stereocenters. The number of hydrogen-bond acceptors (Lipinski definition) is 3. The Labute approximate surface area is 136 Å². The molecule has 1 aliphatic rings. The van der Waals surface area contributed by atoms with Gasteiger partial charge in [-0.3, -0.25) is 0 Å². The summed E-state index contributed by atoms with van der Waals surface area (Å²) in [6.07, 6.45) is 17.5. The van der Waals surface area contributed by atoms with E-state index in [1.807, 2.05) is 0 Å². The van der Waals surface area contributed by atoms with E-state index < -0.39 is 0 Å². The fourth-order valence-corrected chi connectivity index (χ4v) is 2.85. The summed E-state index contributed by atoms with van der Waals surface area (Å²) in [6.45, 7) is 6.15. The van der Waals surface area contributed by atoms with Crippen molar-refractivity contribution in [1.29, 1.82) is 0 Å². The van der Waals surface area contributed by atoms with Gasteiger partial charge in [0.05, 0.1) is 18.8 Å². The molecule has 1 aliphatic heterocycles. The lowest BCUT2D eigenvalue weighted by Gasteiger charge is -2.03. The normalized spacial score (nSPS) is 19.9. The molecule has 3 heteroatoms. The highest BCUT2D eigenvalue weighted by Crippen LogP contribution is 2.31. The van der Waals surface area contributed by atoms with Gasteiger partial charge in [0.25, 0.3) is 0 Å². The number of esters is 1. The predicted octanol–water partition coefficient (Wildman–Crippen LogP) is 5.18. The topological polar surface area (TPSA) is 38.8 Å². The third-order valence-electron chi connectivity index (χ3n) is 4.32. The van der Waals surface area contributed by atoms with E-state index in [0.717, 1.165) is 12.8 Å². The van der Waals surface area contributed by atoms with E-state index in [-0.39, 0.29) is 5.97 Å². The molecule has 1 fully saturated rings. The molecule has 0 aromatic rings. The first-order valence-electron chi connectivity index (χ1n) is 9.22. The number of unbranched alkanes of at least 4 members (excludes halogenated alkanes) is 8. The van der Waals surface area contributed by atoms with Crippen LogP contribution >= 0.6 is 0 Å². The fraction of sp³-hybridized carbons (Fsp3) is 0.842. The lowest BCUT2D eigenvalue weighted by Crippen LogP contribution is -2.01. The summed E-state index contributed by atoms with van der Waals surface area (Å²) in [4.78, 5) is 10.8. The third-order valence-corrected chi connectivity index (χ3v) is 4.32. The molecule has 0 bridgehead atoms. The van der Waals surface area contributed by atoms with Gasteiger partial charge in [0, 0.05) is 6.08 Å². The zero-order valence-corrected chi connectivity index (χ0v) is 14.4. The molecule has 0 spiro atoms. The van der Waals surface area contributed by atoms with Crippen LogP contribution in [0.3, 0.4) is 0 Å².